The first-order chi connectivity index (χ1) is 5.74. The molecule has 1 aromatic carbocycles. The van der Waals surface area contributed by atoms with E-state index in [0.29, 0.717) is 10.2 Å². The molecule has 5 heteroatoms. The molecule has 2 nitrogen and oxygen atoms in total. The van der Waals surface area contributed by atoms with Crippen LogP contribution < -0.4 is 5.23 Å². The van der Waals surface area contributed by atoms with E-state index in [-0.39, 0.29) is 5.82 Å². The van der Waals surface area contributed by atoms with Crippen molar-refractivity contribution in [2.75, 3.05) is 12.3 Å². The molecule has 0 heterocycles. The monoisotopic (exact) mass is 230 g/mol. The van der Waals surface area contributed by atoms with Crippen molar-refractivity contribution in [3.05, 3.63) is 28.5 Å². The Balaban J connectivity index is 2.72. The Bertz CT molecular complexity index is 272. The highest BCUT2D eigenvalue weighted by molar-refractivity contribution is 9.10. The molecule has 1 rings (SSSR count). The smallest absolute Gasteiger partial charge is 0.422 e. The SMILES string of the molecule is CO[B]Nc1ccc(Br)cc1F. The van der Waals surface area contributed by atoms with Crippen molar-refractivity contribution in [1.82, 2.24) is 0 Å². The van der Waals surface area contributed by atoms with E-state index in [0.717, 1.165) is 0 Å². The van der Waals surface area contributed by atoms with Gasteiger partial charge in [0.1, 0.15) is 5.82 Å². The summed E-state index contributed by atoms with van der Waals surface area (Å²) >= 11 is 3.16. The molecule has 0 spiro atoms. The minimum Gasteiger partial charge on any atom is -0.422 e. The van der Waals surface area contributed by atoms with Crippen LogP contribution in [-0.4, -0.2) is 14.7 Å². The van der Waals surface area contributed by atoms with Gasteiger partial charge in [-0.2, -0.15) is 0 Å². The summed E-state index contributed by atoms with van der Waals surface area (Å²) in [7, 11) is 2.80. The molecule has 0 aliphatic carbocycles. The Morgan fingerprint density at radius 2 is 2.33 bits per heavy atom. The molecule has 0 amide bonds. The molecule has 0 atom stereocenters. The van der Waals surface area contributed by atoms with Crippen LogP contribution in [0.5, 0.6) is 0 Å². The van der Waals surface area contributed by atoms with Gasteiger partial charge in [-0.05, 0) is 18.2 Å². The number of benzene rings is 1. The standard InChI is InChI=1S/C7H7BBrFNO/c1-12-8-11-7-3-2-5(9)4-6(7)10/h2-4,11H,1H3. The zero-order valence-corrected chi connectivity index (χ0v) is 8.06. The lowest BCUT2D eigenvalue weighted by atomic mass is 10.2. The third kappa shape index (κ3) is 2.50. The summed E-state index contributed by atoms with van der Waals surface area (Å²) in [5.41, 5.74) is 0.389. The molecule has 0 unspecified atom stereocenters. The summed E-state index contributed by atoms with van der Waals surface area (Å²) in [6, 6.07) is 4.75. The Morgan fingerprint density at radius 3 is 2.92 bits per heavy atom. The van der Waals surface area contributed by atoms with Gasteiger partial charge in [0.25, 0.3) is 0 Å². The van der Waals surface area contributed by atoms with Crippen molar-refractivity contribution in [1.29, 1.82) is 0 Å². The molecule has 1 aromatic rings. The fraction of sp³-hybridized carbons (Fsp3) is 0.143. The molecule has 0 aliphatic rings. The highest BCUT2D eigenvalue weighted by atomic mass is 79.9. The van der Waals surface area contributed by atoms with Crippen molar-refractivity contribution < 1.29 is 9.04 Å². The largest absolute Gasteiger partial charge is 0.436 e. The van der Waals surface area contributed by atoms with Crippen LogP contribution in [0.1, 0.15) is 0 Å². The van der Waals surface area contributed by atoms with Gasteiger partial charge in [0.05, 0.1) is 5.69 Å². The normalized spacial score (nSPS) is 9.58. The Labute approximate surface area is 79.5 Å². The van der Waals surface area contributed by atoms with Gasteiger partial charge < -0.3 is 9.88 Å². The maximum atomic E-state index is 13.0. The van der Waals surface area contributed by atoms with E-state index >= 15 is 0 Å². The van der Waals surface area contributed by atoms with E-state index in [4.69, 9.17) is 0 Å². The fourth-order valence-electron chi connectivity index (χ4n) is 0.729. The molecular weight excluding hydrogens is 224 g/mol. The minimum absolute atomic E-state index is 0.322. The Hall–Kier alpha value is -0.545. The lowest BCUT2D eigenvalue weighted by Gasteiger charge is -2.03. The van der Waals surface area contributed by atoms with Crippen LogP contribution in [0.4, 0.5) is 10.1 Å². The zero-order valence-electron chi connectivity index (χ0n) is 6.47. The van der Waals surface area contributed by atoms with E-state index < -0.39 is 0 Å². The summed E-state index contributed by atoms with van der Waals surface area (Å²) < 4.78 is 18.3. The molecule has 12 heavy (non-hydrogen) atoms. The Morgan fingerprint density at radius 1 is 1.58 bits per heavy atom. The first-order valence-corrected chi connectivity index (χ1v) is 4.09. The second-order valence-electron chi connectivity index (χ2n) is 2.12. The van der Waals surface area contributed by atoms with Crippen LogP contribution in [-0.2, 0) is 4.65 Å². The molecule has 0 bridgehead atoms. The number of rotatable bonds is 3. The number of anilines is 1. The molecule has 0 aliphatic heterocycles. The van der Waals surface area contributed by atoms with Crippen LogP contribution in [0.25, 0.3) is 0 Å². The summed E-state index contributed by atoms with van der Waals surface area (Å²) in [6.07, 6.45) is 0. The lowest BCUT2D eigenvalue weighted by molar-refractivity contribution is 0.446. The first-order valence-electron chi connectivity index (χ1n) is 3.30. The molecule has 0 saturated carbocycles. The molecule has 63 valence electrons. The van der Waals surface area contributed by atoms with E-state index in [9.17, 15) is 4.39 Å². The number of hydrogen-bond acceptors (Lipinski definition) is 2. The van der Waals surface area contributed by atoms with E-state index in [2.05, 4.69) is 25.8 Å². The van der Waals surface area contributed by atoms with Gasteiger partial charge in [-0.15, -0.1) is 0 Å². The van der Waals surface area contributed by atoms with Crippen molar-refractivity contribution in [2.45, 2.75) is 0 Å². The van der Waals surface area contributed by atoms with Gasteiger partial charge in [0.2, 0.25) is 0 Å². The number of halogens is 2. The molecule has 0 saturated heterocycles. The molecular formula is C7H7BBrFNO. The second-order valence-corrected chi connectivity index (χ2v) is 3.04. The van der Waals surface area contributed by atoms with E-state index in [1.165, 1.54) is 20.8 Å². The zero-order chi connectivity index (χ0) is 8.97. The van der Waals surface area contributed by atoms with Gasteiger partial charge in [-0.25, -0.2) is 4.39 Å². The highest BCUT2D eigenvalue weighted by Crippen LogP contribution is 2.18. The second kappa shape index (κ2) is 4.47. The molecule has 0 fully saturated rings. The van der Waals surface area contributed by atoms with Gasteiger partial charge in [-0.1, -0.05) is 15.9 Å². The minimum atomic E-state index is -0.322. The van der Waals surface area contributed by atoms with Crippen molar-refractivity contribution in [2.24, 2.45) is 0 Å². The van der Waals surface area contributed by atoms with Crippen LogP contribution >= 0.6 is 15.9 Å². The van der Waals surface area contributed by atoms with Gasteiger partial charge in [-0.3, -0.25) is 0 Å². The summed E-state index contributed by atoms with van der Waals surface area (Å²) in [5.74, 6) is -0.322. The Kier molecular flexibility index (Phi) is 3.56. The average Bonchev–Trinajstić information content (AvgIpc) is 2.03. The van der Waals surface area contributed by atoms with Gasteiger partial charge in [0.15, 0.2) is 0 Å². The van der Waals surface area contributed by atoms with Crippen LogP contribution in [0.2, 0.25) is 0 Å². The van der Waals surface area contributed by atoms with Gasteiger partial charge >= 0.3 is 7.62 Å². The molecule has 1 radical (unpaired) electrons. The van der Waals surface area contributed by atoms with Crippen LogP contribution in [0, 0.1) is 5.82 Å². The van der Waals surface area contributed by atoms with Gasteiger partial charge in [0, 0.05) is 11.6 Å². The van der Waals surface area contributed by atoms with E-state index in [1.54, 1.807) is 12.1 Å². The highest BCUT2D eigenvalue weighted by Gasteiger charge is 2.01. The predicted octanol–water partition coefficient (Wildman–Crippen LogP) is 2.18. The summed E-state index contributed by atoms with van der Waals surface area (Å²) in [4.78, 5) is 0. The fourth-order valence-corrected chi connectivity index (χ4v) is 1.06. The van der Waals surface area contributed by atoms with Crippen molar-refractivity contribution >= 4 is 29.2 Å². The maximum absolute atomic E-state index is 13.0. The van der Waals surface area contributed by atoms with Crippen molar-refractivity contribution in [3.8, 4) is 0 Å². The summed E-state index contributed by atoms with van der Waals surface area (Å²) in [6.45, 7) is 0. The summed E-state index contributed by atoms with van der Waals surface area (Å²) in [5, 5.41) is 2.65. The lowest BCUT2D eigenvalue weighted by Crippen LogP contribution is -2.09. The van der Waals surface area contributed by atoms with Crippen LogP contribution in [0.15, 0.2) is 22.7 Å². The topological polar surface area (TPSA) is 21.3 Å². The molecule has 0 aromatic heterocycles. The van der Waals surface area contributed by atoms with Crippen LogP contribution in [0.3, 0.4) is 0 Å². The third-order valence-corrected chi connectivity index (χ3v) is 1.76. The predicted molar refractivity (Wildman–Crippen MR) is 50.5 cm³/mol. The van der Waals surface area contributed by atoms with Crippen molar-refractivity contribution in [3.63, 3.8) is 0 Å². The number of nitrogens with one attached hydrogen (secondary N) is 1. The average molecular weight is 231 g/mol. The van der Waals surface area contributed by atoms with E-state index in [1.807, 2.05) is 0 Å². The maximum Gasteiger partial charge on any atom is 0.436 e. The molecule has 1 N–H and O–H groups in total. The quantitative estimate of drug-likeness (QED) is 0.804. The number of hydrogen-bond donors (Lipinski definition) is 1. The first kappa shape index (κ1) is 9.54. The third-order valence-electron chi connectivity index (χ3n) is 1.26.